The number of carbonyl (C=O) groups excluding carboxylic acids is 2. The van der Waals surface area contributed by atoms with Gasteiger partial charge in [-0.3, -0.25) is 29.6 Å². The minimum absolute atomic E-state index is 0.125. The van der Waals surface area contributed by atoms with Crippen molar-refractivity contribution in [3.8, 4) is 0 Å². The Hall–Kier alpha value is -2.48. The van der Waals surface area contributed by atoms with E-state index in [0.29, 0.717) is 18.5 Å². The summed E-state index contributed by atoms with van der Waals surface area (Å²) >= 11 is 0. The molecule has 8 heteroatoms. The number of anilines is 1. The summed E-state index contributed by atoms with van der Waals surface area (Å²) in [6, 6.07) is 1.88. The minimum Gasteiger partial charge on any atom is -0.480 e. The first kappa shape index (κ1) is 24.6. The zero-order valence-electron chi connectivity index (χ0n) is 17.9. The van der Waals surface area contributed by atoms with Crippen molar-refractivity contribution in [3.63, 3.8) is 0 Å². The Morgan fingerprint density at radius 3 is 2.41 bits per heavy atom. The highest BCUT2D eigenvalue weighted by molar-refractivity contribution is 6.00. The highest BCUT2D eigenvalue weighted by atomic mass is 16.5. The second-order valence-corrected chi connectivity index (χ2v) is 7.49. The van der Waals surface area contributed by atoms with Gasteiger partial charge in [-0.2, -0.15) is 0 Å². The number of ether oxygens (including phenoxy) is 1. The van der Waals surface area contributed by atoms with E-state index in [2.05, 4.69) is 10.3 Å². The molecule has 0 radical (unpaired) electrons. The first-order valence-corrected chi connectivity index (χ1v) is 10.1. The van der Waals surface area contributed by atoms with Gasteiger partial charge in [0.05, 0.1) is 24.5 Å². The lowest BCUT2D eigenvalue weighted by molar-refractivity contribution is -0.147. The summed E-state index contributed by atoms with van der Waals surface area (Å²) in [5, 5.41) is 12.5. The third-order valence-corrected chi connectivity index (χ3v) is 4.66. The molecule has 1 heterocycles. The molecule has 3 atom stereocenters. The van der Waals surface area contributed by atoms with Crippen LogP contribution in [0.15, 0.2) is 24.5 Å². The maximum Gasteiger partial charge on any atom is 0.323 e. The van der Waals surface area contributed by atoms with Crippen molar-refractivity contribution < 1.29 is 24.2 Å². The van der Waals surface area contributed by atoms with Gasteiger partial charge in [0.15, 0.2) is 0 Å². The van der Waals surface area contributed by atoms with Crippen molar-refractivity contribution in [2.75, 3.05) is 18.1 Å². The molecule has 0 aliphatic heterocycles. The monoisotopic (exact) mass is 407 g/mol. The molecule has 0 fully saturated rings. The van der Waals surface area contributed by atoms with Crippen molar-refractivity contribution in [2.24, 2.45) is 11.8 Å². The Bertz CT molecular complexity index is 666. The van der Waals surface area contributed by atoms with Crippen LogP contribution in [0.5, 0.6) is 0 Å². The summed E-state index contributed by atoms with van der Waals surface area (Å²) in [5.41, 5.74) is 0.395. The van der Waals surface area contributed by atoms with Crippen molar-refractivity contribution in [3.05, 3.63) is 24.5 Å². The molecule has 162 valence electrons. The predicted octanol–water partition coefficient (Wildman–Crippen LogP) is 2.48. The number of hydrogen-bond acceptors (Lipinski definition) is 6. The van der Waals surface area contributed by atoms with Crippen molar-refractivity contribution in [1.82, 2.24) is 10.3 Å². The maximum atomic E-state index is 13.4. The average molecular weight is 408 g/mol. The molecule has 2 N–H and O–H groups in total. The maximum absolute atomic E-state index is 13.4. The lowest BCUT2D eigenvalue weighted by atomic mass is 9.94. The predicted molar refractivity (Wildman–Crippen MR) is 110 cm³/mol. The number of aromatic nitrogens is 1. The summed E-state index contributed by atoms with van der Waals surface area (Å²) < 4.78 is 5.18. The van der Waals surface area contributed by atoms with Crippen LogP contribution in [0.4, 0.5) is 5.69 Å². The van der Waals surface area contributed by atoms with Crippen molar-refractivity contribution >= 4 is 23.5 Å². The van der Waals surface area contributed by atoms with Crippen LogP contribution >= 0.6 is 0 Å². The second-order valence-electron chi connectivity index (χ2n) is 7.49. The lowest BCUT2D eigenvalue weighted by Gasteiger charge is -2.32. The molecular formula is C21H33N3O5. The Kier molecular flexibility index (Phi) is 10.3. The molecule has 1 aromatic rings. The first-order chi connectivity index (χ1) is 13.7. The number of amides is 1. The van der Waals surface area contributed by atoms with E-state index in [1.807, 2.05) is 27.7 Å². The fraction of sp³-hybridized carbons (Fsp3) is 0.619. The van der Waals surface area contributed by atoms with E-state index in [4.69, 9.17) is 4.74 Å². The molecule has 0 unspecified atom stereocenters. The Morgan fingerprint density at radius 2 is 1.93 bits per heavy atom. The number of nitrogens with zero attached hydrogens (tertiary/aromatic N) is 2. The number of hydrogen-bond donors (Lipinski definition) is 2. The first-order valence-electron chi connectivity index (χ1n) is 10.1. The van der Waals surface area contributed by atoms with Gasteiger partial charge < -0.3 is 9.84 Å². The summed E-state index contributed by atoms with van der Waals surface area (Å²) in [7, 11) is 0. The lowest BCUT2D eigenvalue weighted by Crippen LogP contribution is -2.56. The second kappa shape index (κ2) is 12.2. The molecule has 0 aromatic carbocycles. The third-order valence-electron chi connectivity index (χ3n) is 4.66. The Labute approximate surface area is 172 Å². The van der Waals surface area contributed by atoms with Gasteiger partial charge in [0, 0.05) is 6.20 Å². The number of carbonyl (C=O) groups is 3. The minimum atomic E-state index is -1.13. The molecule has 0 aliphatic carbocycles. The normalized spacial score (nSPS) is 14.1. The number of esters is 1. The van der Waals surface area contributed by atoms with Gasteiger partial charge in [-0.15, -0.1) is 0 Å². The van der Waals surface area contributed by atoms with Gasteiger partial charge in [-0.1, -0.05) is 34.1 Å². The number of rotatable bonds is 12. The number of pyridine rings is 1. The van der Waals surface area contributed by atoms with Crippen LogP contribution in [0.25, 0.3) is 0 Å². The number of carboxylic acid groups (broad SMARTS) is 1. The highest BCUT2D eigenvalue weighted by Crippen LogP contribution is 2.19. The van der Waals surface area contributed by atoms with Gasteiger partial charge in [0.2, 0.25) is 5.91 Å². The van der Waals surface area contributed by atoms with Crippen LogP contribution in [-0.4, -0.2) is 53.2 Å². The molecular weight excluding hydrogens is 374 g/mol. The van der Waals surface area contributed by atoms with Crippen LogP contribution in [0.2, 0.25) is 0 Å². The smallest absolute Gasteiger partial charge is 0.323 e. The van der Waals surface area contributed by atoms with Crippen LogP contribution < -0.4 is 10.2 Å². The summed E-state index contributed by atoms with van der Waals surface area (Å²) in [5.74, 6) is -1.87. The fourth-order valence-electron chi connectivity index (χ4n) is 2.99. The van der Waals surface area contributed by atoms with E-state index < -0.39 is 36.5 Å². The average Bonchev–Trinajstić information content (AvgIpc) is 2.68. The van der Waals surface area contributed by atoms with E-state index in [-0.39, 0.29) is 18.4 Å². The topological polar surface area (TPSA) is 109 Å². The quantitative estimate of drug-likeness (QED) is 0.512. The van der Waals surface area contributed by atoms with Gasteiger partial charge in [0.1, 0.15) is 12.6 Å². The Morgan fingerprint density at radius 1 is 1.24 bits per heavy atom. The van der Waals surface area contributed by atoms with Gasteiger partial charge in [-0.25, -0.2) is 0 Å². The molecule has 1 rings (SSSR count). The molecule has 0 spiro atoms. The van der Waals surface area contributed by atoms with E-state index >= 15 is 0 Å². The largest absolute Gasteiger partial charge is 0.480 e. The number of nitrogens with one attached hydrogen (secondary N) is 1. The van der Waals surface area contributed by atoms with E-state index in [0.717, 1.165) is 0 Å². The summed E-state index contributed by atoms with van der Waals surface area (Å²) in [6.45, 7) is 9.31. The number of aliphatic carboxylic acids is 1. The van der Waals surface area contributed by atoms with Gasteiger partial charge >= 0.3 is 11.9 Å². The fourth-order valence-corrected chi connectivity index (χ4v) is 2.99. The zero-order chi connectivity index (χ0) is 22.0. The molecule has 1 aromatic heterocycles. The van der Waals surface area contributed by atoms with E-state index in [1.165, 1.54) is 11.1 Å². The zero-order valence-corrected chi connectivity index (χ0v) is 17.9. The van der Waals surface area contributed by atoms with Crippen LogP contribution in [0.3, 0.4) is 0 Å². The molecule has 0 aliphatic rings. The van der Waals surface area contributed by atoms with Crippen LogP contribution in [0.1, 0.15) is 47.5 Å². The summed E-state index contributed by atoms with van der Waals surface area (Å²) in [6.07, 6.45) is 4.18. The molecule has 8 nitrogen and oxygen atoms in total. The van der Waals surface area contributed by atoms with Crippen molar-refractivity contribution in [1.29, 1.82) is 0 Å². The summed E-state index contributed by atoms with van der Waals surface area (Å²) in [4.78, 5) is 42.4. The highest BCUT2D eigenvalue weighted by Gasteiger charge is 2.34. The van der Waals surface area contributed by atoms with E-state index in [1.54, 1.807) is 25.3 Å². The van der Waals surface area contributed by atoms with Crippen molar-refractivity contribution in [2.45, 2.75) is 59.5 Å². The van der Waals surface area contributed by atoms with Crippen LogP contribution in [0, 0.1) is 11.8 Å². The SMILES string of the molecule is CCOC(=O)[C@H](CC(C)C)N[C@H](C(=O)N(CC(=O)O)c1cccnc1)[C@@H](C)CC. The molecule has 29 heavy (non-hydrogen) atoms. The van der Waals surface area contributed by atoms with Gasteiger partial charge in [-0.05, 0) is 37.3 Å². The van der Waals surface area contributed by atoms with E-state index in [9.17, 15) is 19.5 Å². The molecule has 0 saturated heterocycles. The third kappa shape index (κ3) is 7.81. The van der Waals surface area contributed by atoms with Gasteiger partial charge in [0.25, 0.3) is 0 Å². The molecule has 0 saturated carbocycles. The number of carboxylic acids is 1. The van der Waals surface area contributed by atoms with Crippen LogP contribution in [-0.2, 0) is 19.1 Å². The molecule has 1 amide bonds. The molecule has 0 bridgehead atoms. The standard InChI is InChI=1S/C21H33N3O5/c1-6-15(5)19(23-17(11-14(3)4)21(28)29-7-2)20(27)24(13-18(25)26)16-9-8-10-22-12-16/h8-10,12,14-15,17,19,23H,6-7,11,13H2,1-5H3,(H,25,26)/t15-,17-,19-/m0/s1. The Balaban J connectivity index is 3.22.